The van der Waals surface area contributed by atoms with Gasteiger partial charge in [0.2, 0.25) is 0 Å². The van der Waals surface area contributed by atoms with Gasteiger partial charge in [-0.3, -0.25) is 19.5 Å². The molecule has 0 unspecified atom stereocenters. The molecule has 0 saturated heterocycles. The maximum absolute atomic E-state index is 13.0. The number of aromatic nitrogens is 2. The third-order valence-corrected chi connectivity index (χ3v) is 6.69. The van der Waals surface area contributed by atoms with Gasteiger partial charge in [-0.05, 0) is 37.1 Å². The van der Waals surface area contributed by atoms with E-state index in [9.17, 15) is 9.59 Å². The normalized spacial score (nSPS) is 14.9. The number of likely N-dealkylation sites (N-methyl/N-ethyl adjacent to an activating group) is 1. The molecule has 7 nitrogen and oxygen atoms in total. The number of nitrogens with zero attached hydrogens (tertiary/aromatic N) is 4. The van der Waals surface area contributed by atoms with Gasteiger partial charge >= 0.3 is 0 Å². The van der Waals surface area contributed by atoms with Crippen LogP contribution in [0.15, 0.2) is 54.2 Å². The minimum Gasteiger partial charge on any atom is -0.338 e. The van der Waals surface area contributed by atoms with Crippen molar-refractivity contribution in [1.29, 1.82) is 5.26 Å². The Morgan fingerprint density at radius 2 is 1.75 bits per heavy atom. The predicted octanol–water partition coefficient (Wildman–Crippen LogP) is 4.24. The summed E-state index contributed by atoms with van der Waals surface area (Å²) in [5.41, 5.74) is 2.20. The second kappa shape index (κ2) is 9.28. The number of carbonyl (C=O) groups is 2. The molecule has 8 heteroatoms. The zero-order valence-corrected chi connectivity index (χ0v) is 18.6. The van der Waals surface area contributed by atoms with E-state index in [0.29, 0.717) is 18.4 Å². The zero-order chi connectivity index (χ0) is 22.6. The molecule has 4 rings (SSSR count). The maximum Gasteiger partial charge on any atom is 0.261 e. The smallest absolute Gasteiger partial charge is 0.261 e. The van der Waals surface area contributed by atoms with Gasteiger partial charge in [0.1, 0.15) is 10.5 Å². The fourth-order valence-corrected chi connectivity index (χ4v) is 4.86. The predicted molar refractivity (Wildman–Crippen MR) is 122 cm³/mol. The van der Waals surface area contributed by atoms with Gasteiger partial charge in [-0.2, -0.15) is 5.26 Å². The fourth-order valence-electron chi connectivity index (χ4n) is 4.03. The van der Waals surface area contributed by atoms with Crippen LogP contribution in [-0.2, 0) is 4.79 Å². The number of nitriles is 1. The van der Waals surface area contributed by atoms with Crippen LogP contribution in [0.25, 0.3) is 21.8 Å². The van der Waals surface area contributed by atoms with E-state index in [1.165, 1.54) is 7.05 Å². The van der Waals surface area contributed by atoms with Crippen LogP contribution in [0.5, 0.6) is 0 Å². The Labute approximate surface area is 190 Å². The highest BCUT2D eigenvalue weighted by molar-refractivity contribution is 7.13. The molecule has 3 aromatic rings. The molecule has 0 radical (unpaired) electrons. The van der Waals surface area contributed by atoms with Crippen LogP contribution in [0.1, 0.15) is 42.5 Å². The molecule has 1 saturated carbocycles. The Kier molecular flexibility index (Phi) is 6.28. The van der Waals surface area contributed by atoms with Crippen LogP contribution in [0, 0.1) is 11.5 Å². The first kappa shape index (κ1) is 21.7. The second-order valence-corrected chi connectivity index (χ2v) is 8.77. The number of thiazole rings is 1. The van der Waals surface area contributed by atoms with Gasteiger partial charge in [0.15, 0.2) is 6.19 Å². The highest BCUT2D eigenvalue weighted by Gasteiger charge is 2.42. The average Bonchev–Trinajstić information content (AvgIpc) is 3.34. The molecule has 0 spiro atoms. The lowest BCUT2D eigenvalue weighted by molar-refractivity contribution is -0.135. The molecule has 1 fully saturated rings. The molecule has 0 atom stereocenters. The number of nitrogens with one attached hydrogen (secondary N) is 1. The van der Waals surface area contributed by atoms with Gasteiger partial charge in [-0.15, -0.1) is 11.3 Å². The lowest BCUT2D eigenvalue weighted by Gasteiger charge is -2.37. The van der Waals surface area contributed by atoms with Gasteiger partial charge in [0.05, 0.1) is 5.69 Å². The van der Waals surface area contributed by atoms with Crippen LogP contribution in [0.4, 0.5) is 0 Å². The van der Waals surface area contributed by atoms with E-state index in [1.54, 1.807) is 35.9 Å². The van der Waals surface area contributed by atoms with Crippen molar-refractivity contribution in [3.8, 4) is 28.0 Å². The van der Waals surface area contributed by atoms with Crippen molar-refractivity contribution in [2.45, 2.75) is 37.6 Å². The van der Waals surface area contributed by atoms with Crippen LogP contribution in [0.3, 0.4) is 0 Å². The Hall–Kier alpha value is -3.57. The highest BCUT2D eigenvalue weighted by atomic mass is 32.1. The molecule has 0 bridgehead atoms. The lowest BCUT2D eigenvalue weighted by Crippen LogP contribution is -2.59. The summed E-state index contributed by atoms with van der Waals surface area (Å²) in [5.74, 6) is -0.662. The summed E-state index contributed by atoms with van der Waals surface area (Å²) < 4.78 is 0. The van der Waals surface area contributed by atoms with E-state index in [0.717, 1.165) is 46.0 Å². The van der Waals surface area contributed by atoms with Crippen molar-refractivity contribution < 1.29 is 9.59 Å². The number of hydrogen-bond donors (Lipinski definition) is 1. The van der Waals surface area contributed by atoms with Crippen molar-refractivity contribution in [3.05, 3.63) is 59.7 Å². The Balaban J connectivity index is 1.51. The monoisotopic (exact) mass is 445 g/mol. The third kappa shape index (κ3) is 4.39. The van der Waals surface area contributed by atoms with Gasteiger partial charge in [0.25, 0.3) is 11.8 Å². The summed E-state index contributed by atoms with van der Waals surface area (Å²) in [6, 6.07) is 11.0. The number of pyridine rings is 1. The Bertz CT molecular complexity index is 1150. The summed E-state index contributed by atoms with van der Waals surface area (Å²) in [7, 11) is 1.44. The Morgan fingerprint density at radius 3 is 2.41 bits per heavy atom. The van der Waals surface area contributed by atoms with E-state index < -0.39 is 5.54 Å². The number of hydrogen-bond acceptors (Lipinski definition) is 6. The molecule has 1 aliphatic rings. The lowest BCUT2D eigenvalue weighted by atomic mass is 9.80. The molecule has 1 aromatic carbocycles. The molecular weight excluding hydrogens is 422 g/mol. The highest BCUT2D eigenvalue weighted by Crippen LogP contribution is 2.31. The summed E-state index contributed by atoms with van der Waals surface area (Å²) in [5, 5.41) is 15.0. The summed E-state index contributed by atoms with van der Waals surface area (Å²) in [4.78, 5) is 35.6. The van der Waals surface area contributed by atoms with Crippen molar-refractivity contribution in [2.75, 3.05) is 7.05 Å². The van der Waals surface area contributed by atoms with Crippen LogP contribution < -0.4 is 5.32 Å². The fraction of sp³-hybridized carbons (Fsp3) is 0.292. The first-order valence-electron chi connectivity index (χ1n) is 10.5. The first-order valence-corrected chi connectivity index (χ1v) is 11.4. The van der Waals surface area contributed by atoms with Crippen molar-refractivity contribution in [2.24, 2.45) is 0 Å². The van der Waals surface area contributed by atoms with E-state index in [1.807, 2.05) is 35.8 Å². The largest absolute Gasteiger partial charge is 0.338 e. The third-order valence-electron chi connectivity index (χ3n) is 5.80. The van der Waals surface area contributed by atoms with Gasteiger partial charge < -0.3 is 5.32 Å². The van der Waals surface area contributed by atoms with E-state index in [-0.39, 0.29) is 11.8 Å². The van der Waals surface area contributed by atoms with E-state index >= 15 is 0 Å². The standard InChI is InChI=1S/C24H23N5O2S/c1-29(16-25)23(31)24(11-3-2-4-12-24)28-21(30)18-7-5-17(6-8-18)20-15-32-22(27-20)19-9-13-26-14-10-19/h5-10,13-15H,2-4,11-12H2,1H3,(H,28,30). The zero-order valence-electron chi connectivity index (χ0n) is 17.7. The molecule has 0 aliphatic heterocycles. The molecule has 2 aromatic heterocycles. The molecule has 1 aliphatic carbocycles. The molecule has 1 N–H and O–H groups in total. The minimum atomic E-state index is -1.02. The quantitative estimate of drug-likeness (QED) is 0.468. The number of amides is 2. The summed E-state index contributed by atoms with van der Waals surface area (Å²) in [6.45, 7) is 0. The van der Waals surface area contributed by atoms with Crippen LogP contribution in [-0.4, -0.2) is 39.3 Å². The van der Waals surface area contributed by atoms with Crippen LogP contribution >= 0.6 is 11.3 Å². The first-order chi connectivity index (χ1) is 15.5. The van der Waals surface area contributed by atoms with Gasteiger partial charge in [-0.25, -0.2) is 4.98 Å². The summed E-state index contributed by atoms with van der Waals surface area (Å²) >= 11 is 1.55. The molecule has 32 heavy (non-hydrogen) atoms. The van der Waals surface area contributed by atoms with E-state index in [2.05, 4.69) is 10.3 Å². The summed E-state index contributed by atoms with van der Waals surface area (Å²) in [6.07, 6.45) is 9.12. The SMILES string of the molecule is CN(C#N)C(=O)C1(NC(=O)c2ccc(-c3csc(-c4ccncc4)n3)cc2)CCCCC1. The number of rotatable bonds is 5. The second-order valence-electron chi connectivity index (χ2n) is 7.91. The minimum absolute atomic E-state index is 0.311. The Morgan fingerprint density at radius 1 is 1.06 bits per heavy atom. The molecular formula is C24H23N5O2S. The molecule has 2 amide bonds. The number of benzene rings is 1. The van der Waals surface area contributed by atoms with E-state index in [4.69, 9.17) is 10.2 Å². The van der Waals surface area contributed by atoms with Gasteiger partial charge in [0, 0.05) is 41.5 Å². The maximum atomic E-state index is 13.0. The van der Waals surface area contributed by atoms with Crippen molar-refractivity contribution >= 4 is 23.2 Å². The van der Waals surface area contributed by atoms with Crippen molar-refractivity contribution in [1.82, 2.24) is 20.2 Å². The number of carbonyl (C=O) groups excluding carboxylic acids is 2. The van der Waals surface area contributed by atoms with Crippen molar-refractivity contribution in [3.63, 3.8) is 0 Å². The van der Waals surface area contributed by atoms with Crippen LogP contribution in [0.2, 0.25) is 0 Å². The average molecular weight is 446 g/mol. The molecule has 2 heterocycles. The van der Waals surface area contributed by atoms with Gasteiger partial charge in [-0.1, -0.05) is 31.4 Å². The topological polar surface area (TPSA) is 99.0 Å². The molecule has 162 valence electrons.